The van der Waals surface area contributed by atoms with Gasteiger partial charge in [0.05, 0.1) is 11.4 Å². The van der Waals surface area contributed by atoms with Crippen LogP contribution < -0.4 is 10.2 Å². The molecular formula is C28H30ClN5O. The van der Waals surface area contributed by atoms with Crippen LogP contribution in [0.4, 0.5) is 11.5 Å². The monoisotopic (exact) mass is 487 g/mol. The number of aromatic nitrogens is 3. The molecule has 1 saturated heterocycles. The highest BCUT2D eigenvalue weighted by atomic mass is 35.5. The molecule has 35 heavy (non-hydrogen) atoms. The summed E-state index contributed by atoms with van der Waals surface area (Å²) in [6, 6.07) is 21.8. The molecule has 0 spiro atoms. The van der Waals surface area contributed by atoms with Crippen LogP contribution in [0.3, 0.4) is 0 Å². The van der Waals surface area contributed by atoms with Gasteiger partial charge in [0, 0.05) is 41.1 Å². The van der Waals surface area contributed by atoms with E-state index in [0.29, 0.717) is 5.02 Å². The Kier molecular flexibility index (Phi) is 6.39. The molecule has 1 aliphatic rings. The fraction of sp³-hybridized carbons (Fsp3) is 0.286. The van der Waals surface area contributed by atoms with Gasteiger partial charge in [-0.2, -0.15) is 5.10 Å². The van der Waals surface area contributed by atoms with Crippen LogP contribution in [-0.2, 0) is 4.79 Å². The average molecular weight is 488 g/mol. The van der Waals surface area contributed by atoms with Crippen LogP contribution in [0.25, 0.3) is 11.4 Å². The number of nitrogens with zero attached hydrogens (tertiary/aromatic N) is 4. The highest BCUT2D eigenvalue weighted by Gasteiger charge is 2.30. The molecular weight excluding hydrogens is 458 g/mol. The molecule has 1 aliphatic heterocycles. The van der Waals surface area contributed by atoms with Gasteiger partial charge >= 0.3 is 0 Å². The van der Waals surface area contributed by atoms with Gasteiger partial charge in [-0.15, -0.1) is 0 Å². The van der Waals surface area contributed by atoms with Gasteiger partial charge in [-0.3, -0.25) is 4.79 Å². The molecule has 0 atom stereocenters. The van der Waals surface area contributed by atoms with Crippen molar-refractivity contribution in [3.05, 3.63) is 88.8 Å². The summed E-state index contributed by atoms with van der Waals surface area (Å²) in [7, 11) is 0. The number of aryl methyl sites for hydroxylation is 3. The van der Waals surface area contributed by atoms with Gasteiger partial charge in [-0.25, -0.2) is 4.68 Å². The number of anilines is 2. The molecule has 3 heterocycles. The molecule has 0 saturated carbocycles. The number of carbonyl (C=O) groups is 1. The van der Waals surface area contributed by atoms with Crippen LogP contribution in [-0.4, -0.2) is 33.3 Å². The zero-order valence-electron chi connectivity index (χ0n) is 20.3. The average Bonchev–Trinajstić information content (AvgIpc) is 3.38. The summed E-state index contributed by atoms with van der Waals surface area (Å²) in [6.07, 6.45) is 1.56. The first-order chi connectivity index (χ1) is 16.9. The first-order valence-electron chi connectivity index (χ1n) is 12.0. The van der Waals surface area contributed by atoms with Crippen LogP contribution in [0.15, 0.2) is 66.7 Å². The SMILES string of the molecule is Cc1nn(-c2ccccc2)c(N2CCC(C(=O)Nc3ccc(Cl)cc3)CC2)c1-n1c(C)ccc1C. The lowest BCUT2D eigenvalue weighted by atomic mass is 9.95. The second-order valence-electron chi connectivity index (χ2n) is 9.21. The Morgan fingerprint density at radius 2 is 1.54 bits per heavy atom. The Hall–Kier alpha value is -3.51. The van der Waals surface area contributed by atoms with Crippen molar-refractivity contribution in [2.45, 2.75) is 33.6 Å². The second kappa shape index (κ2) is 9.62. The Morgan fingerprint density at radius 1 is 0.914 bits per heavy atom. The summed E-state index contributed by atoms with van der Waals surface area (Å²) in [5, 5.41) is 8.68. The Labute approximate surface area is 211 Å². The molecule has 2 aromatic carbocycles. The van der Waals surface area contributed by atoms with E-state index >= 15 is 0 Å². The summed E-state index contributed by atoms with van der Waals surface area (Å²) >= 11 is 5.97. The van der Waals surface area contributed by atoms with Gasteiger partial charge in [-0.1, -0.05) is 29.8 Å². The zero-order valence-corrected chi connectivity index (χ0v) is 21.1. The van der Waals surface area contributed by atoms with E-state index in [-0.39, 0.29) is 11.8 Å². The van der Waals surface area contributed by atoms with Crippen molar-refractivity contribution in [2.24, 2.45) is 5.92 Å². The summed E-state index contributed by atoms with van der Waals surface area (Å²) in [4.78, 5) is 15.3. The van der Waals surface area contributed by atoms with Crippen molar-refractivity contribution in [3.8, 4) is 11.4 Å². The minimum atomic E-state index is -0.0328. The van der Waals surface area contributed by atoms with Gasteiger partial charge in [-0.05, 0) is 82.1 Å². The predicted molar refractivity (Wildman–Crippen MR) is 142 cm³/mol. The lowest BCUT2D eigenvalue weighted by Crippen LogP contribution is -2.39. The summed E-state index contributed by atoms with van der Waals surface area (Å²) in [5.74, 6) is 1.11. The van der Waals surface area contributed by atoms with E-state index in [0.717, 1.165) is 54.5 Å². The molecule has 7 heteroatoms. The van der Waals surface area contributed by atoms with Gasteiger partial charge in [0.2, 0.25) is 5.91 Å². The van der Waals surface area contributed by atoms with Crippen molar-refractivity contribution in [2.75, 3.05) is 23.3 Å². The third-order valence-corrected chi connectivity index (χ3v) is 7.03. The van der Waals surface area contributed by atoms with Crippen molar-refractivity contribution in [1.82, 2.24) is 14.3 Å². The van der Waals surface area contributed by atoms with E-state index in [4.69, 9.17) is 16.7 Å². The number of hydrogen-bond acceptors (Lipinski definition) is 3. The van der Waals surface area contributed by atoms with E-state index in [2.05, 4.69) is 64.5 Å². The zero-order chi connectivity index (χ0) is 24.5. The topological polar surface area (TPSA) is 55.1 Å². The number of para-hydroxylation sites is 1. The number of carbonyl (C=O) groups excluding carboxylic acids is 1. The van der Waals surface area contributed by atoms with E-state index in [9.17, 15) is 4.79 Å². The Bertz CT molecular complexity index is 1310. The Balaban J connectivity index is 1.44. The van der Waals surface area contributed by atoms with Crippen LogP contribution in [0, 0.1) is 26.7 Å². The maximum absolute atomic E-state index is 12.9. The molecule has 0 bridgehead atoms. The molecule has 5 rings (SSSR count). The summed E-state index contributed by atoms with van der Waals surface area (Å²) in [6.45, 7) is 7.89. The van der Waals surface area contributed by atoms with E-state index < -0.39 is 0 Å². The van der Waals surface area contributed by atoms with E-state index in [1.54, 1.807) is 12.1 Å². The number of hydrogen-bond donors (Lipinski definition) is 1. The fourth-order valence-corrected chi connectivity index (χ4v) is 5.08. The highest BCUT2D eigenvalue weighted by Crippen LogP contribution is 2.35. The summed E-state index contributed by atoms with van der Waals surface area (Å²) in [5.41, 5.74) is 6.25. The number of amides is 1. The van der Waals surface area contributed by atoms with Crippen molar-refractivity contribution in [3.63, 3.8) is 0 Å². The molecule has 180 valence electrons. The minimum Gasteiger partial charge on any atom is -0.355 e. The first-order valence-corrected chi connectivity index (χ1v) is 12.4. The van der Waals surface area contributed by atoms with E-state index in [1.165, 1.54) is 11.4 Å². The smallest absolute Gasteiger partial charge is 0.227 e. The molecule has 6 nitrogen and oxygen atoms in total. The Morgan fingerprint density at radius 3 is 2.17 bits per heavy atom. The van der Waals surface area contributed by atoms with Crippen molar-refractivity contribution < 1.29 is 4.79 Å². The maximum atomic E-state index is 12.9. The van der Waals surface area contributed by atoms with Gasteiger partial charge < -0.3 is 14.8 Å². The van der Waals surface area contributed by atoms with E-state index in [1.807, 2.05) is 30.3 Å². The largest absolute Gasteiger partial charge is 0.355 e. The lowest BCUT2D eigenvalue weighted by molar-refractivity contribution is -0.120. The van der Waals surface area contributed by atoms with Gasteiger partial charge in [0.15, 0.2) is 5.82 Å². The summed E-state index contributed by atoms with van der Waals surface area (Å²) < 4.78 is 4.34. The van der Waals surface area contributed by atoms with Gasteiger partial charge in [0.1, 0.15) is 5.69 Å². The standard InChI is InChI=1S/C28H30ClN5O/c1-19-9-10-20(2)33(19)26-21(3)31-34(25-7-5-4-6-8-25)28(26)32-17-15-22(16-18-32)27(35)30-24-13-11-23(29)12-14-24/h4-14,22H,15-18H2,1-3H3,(H,30,35). The normalized spacial score (nSPS) is 14.3. The van der Waals surface area contributed by atoms with Crippen LogP contribution in [0.1, 0.15) is 29.9 Å². The maximum Gasteiger partial charge on any atom is 0.227 e. The molecule has 1 N–H and O–H groups in total. The molecule has 2 aromatic heterocycles. The van der Waals surface area contributed by atoms with Crippen molar-refractivity contribution in [1.29, 1.82) is 0 Å². The fourth-order valence-electron chi connectivity index (χ4n) is 4.95. The number of piperidine rings is 1. The third kappa shape index (κ3) is 4.58. The molecule has 1 fully saturated rings. The second-order valence-corrected chi connectivity index (χ2v) is 9.65. The number of benzene rings is 2. The van der Waals surface area contributed by atoms with Crippen LogP contribution in [0.2, 0.25) is 5.02 Å². The quantitative estimate of drug-likeness (QED) is 0.370. The number of rotatable bonds is 5. The molecule has 1 amide bonds. The highest BCUT2D eigenvalue weighted by molar-refractivity contribution is 6.30. The van der Waals surface area contributed by atoms with Crippen LogP contribution >= 0.6 is 11.6 Å². The van der Waals surface area contributed by atoms with Crippen LogP contribution in [0.5, 0.6) is 0 Å². The number of nitrogens with one attached hydrogen (secondary N) is 1. The van der Waals surface area contributed by atoms with Crippen molar-refractivity contribution >= 4 is 29.0 Å². The lowest BCUT2D eigenvalue weighted by Gasteiger charge is -2.34. The first kappa shape index (κ1) is 23.2. The minimum absolute atomic E-state index is 0.0328. The molecule has 0 unspecified atom stereocenters. The number of halogens is 1. The molecule has 4 aromatic rings. The predicted octanol–water partition coefficient (Wildman–Crippen LogP) is 6.10. The molecule has 0 radical (unpaired) electrons. The molecule has 0 aliphatic carbocycles. The third-order valence-electron chi connectivity index (χ3n) is 6.78. The van der Waals surface area contributed by atoms with Gasteiger partial charge in [0.25, 0.3) is 0 Å².